The number of carbonyl (C=O) groups is 2. The third-order valence-electron chi connectivity index (χ3n) is 3.90. The highest BCUT2D eigenvalue weighted by atomic mass is 32.1. The number of carbonyl (C=O) groups excluding carboxylic acids is 2. The van der Waals surface area contributed by atoms with Crippen LogP contribution in [0.3, 0.4) is 0 Å². The summed E-state index contributed by atoms with van der Waals surface area (Å²) in [5.41, 5.74) is 0.653. The summed E-state index contributed by atoms with van der Waals surface area (Å²) in [6, 6.07) is 4.26. The van der Waals surface area contributed by atoms with E-state index in [0.29, 0.717) is 17.4 Å². The van der Waals surface area contributed by atoms with E-state index in [1.54, 1.807) is 25.1 Å². The van der Waals surface area contributed by atoms with Crippen LogP contribution in [0.1, 0.15) is 35.2 Å². The lowest BCUT2D eigenvalue weighted by atomic mass is 10.0. The van der Waals surface area contributed by atoms with Gasteiger partial charge in [-0.25, -0.2) is 0 Å². The second-order valence-electron chi connectivity index (χ2n) is 6.38. The summed E-state index contributed by atoms with van der Waals surface area (Å²) < 4.78 is 10.1. The van der Waals surface area contributed by atoms with Crippen LogP contribution in [0, 0.1) is 19.8 Å². The molecule has 0 unspecified atom stereocenters. The van der Waals surface area contributed by atoms with Gasteiger partial charge in [0.2, 0.25) is 17.6 Å². The molecule has 0 radical (unpaired) electrons. The molecule has 0 aromatic carbocycles. The molecule has 3 heterocycles. The average molecular weight is 388 g/mol. The molecule has 0 fully saturated rings. The van der Waals surface area contributed by atoms with Crippen LogP contribution >= 0.6 is 11.3 Å². The van der Waals surface area contributed by atoms with Gasteiger partial charge in [0.15, 0.2) is 5.76 Å². The molecule has 0 saturated heterocycles. The fraction of sp³-hybridized carbons (Fsp3) is 0.333. The fourth-order valence-corrected chi connectivity index (χ4v) is 3.38. The first-order valence-electron chi connectivity index (χ1n) is 8.41. The number of furan rings is 1. The van der Waals surface area contributed by atoms with Gasteiger partial charge in [-0.3, -0.25) is 9.59 Å². The molecule has 9 heteroatoms. The number of anilines is 1. The molecule has 0 spiro atoms. The lowest BCUT2D eigenvalue weighted by Gasteiger charge is -2.21. The van der Waals surface area contributed by atoms with Gasteiger partial charge in [-0.1, -0.05) is 19.0 Å². The maximum Gasteiger partial charge on any atom is 0.287 e. The number of aromatic nitrogens is 2. The Bertz CT molecular complexity index is 943. The van der Waals surface area contributed by atoms with Crippen molar-refractivity contribution in [2.45, 2.75) is 33.7 Å². The number of amides is 2. The van der Waals surface area contributed by atoms with Gasteiger partial charge in [0, 0.05) is 11.8 Å². The minimum Gasteiger partial charge on any atom is -0.459 e. The maximum absolute atomic E-state index is 12.8. The third kappa shape index (κ3) is 4.25. The van der Waals surface area contributed by atoms with Crippen molar-refractivity contribution in [2.75, 3.05) is 5.32 Å². The van der Waals surface area contributed by atoms with Crippen molar-refractivity contribution < 1.29 is 18.5 Å². The Balaban J connectivity index is 1.74. The zero-order valence-electron chi connectivity index (χ0n) is 15.4. The summed E-state index contributed by atoms with van der Waals surface area (Å²) >= 11 is 1.45. The van der Waals surface area contributed by atoms with E-state index in [4.69, 9.17) is 8.94 Å². The Kier molecular flexibility index (Phi) is 5.41. The number of nitrogens with one attached hydrogen (secondary N) is 2. The van der Waals surface area contributed by atoms with Crippen LogP contribution in [0.5, 0.6) is 0 Å². The second kappa shape index (κ2) is 7.75. The fourth-order valence-electron chi connectivity index (χ4n) is 2.48. The number of thiophene rings is 1. The summed E-state index contributed by atoms with van der Waals surface area (Å²) in [6.45, 7) is 7.33. The van der Waals surface area contributed by atoms with Crippen LogP contribution < -0.4 is 10.6 Å². The van der Waals surface area contributed by atoms with Gasteiger partial charge < -0.3 is 19.6 Å². The first-order chi connectivity index (χ1) is 12.8. The molecule has 0 saturated carbocycles. The molecule has 8 nitrogen and oxygen atoms in total. The van der Waals surface area contributed by atoms with Gasteiger partial charge in [-0.2, -0.15) is 4.98 Å². The summed E-state index contributed by atoms with van der Waals surface area (Å²) in [5.74, 6) is 0.271. The number of hydrogen-bond acceptors (Lipinski definition) is 7. The molecule has 0 aliphatic heterocycles. The van der Waals surface area contributed by atoms with E-state index in [0.717, 1.165) is 9.75 Å². The highest BCUT2D eigenvalue weighted by Gasteiger charge is 2.26. The molecule has 3 rings (SSSR count). The van der Waals surface area contributed by atoms with E-state index < -0.39 is 11.9 Å². The van der Waals surface area contributed by atoms with Crippen LogP contribution in [0.25, 0.3) is 10.7 Å². The van der Waals surface area contributed by atoms with Crippen molar-refractivity contribution >= 4 is 28.8 Å². The molecular weight excluding hydrogens is 368 g/mol. The summed E-state index contributed by atoms with van der Waals surface area (Å²) in [6.07, 6.45) is 1.41. The molecule has 3 aromatic heterocycles. The minimum absolute atomic E-state index is 0.109. The van der Waals surface area contributed by atoms with E-state index in [1.165, 1.54) is 17.6 Å². The Morgan fingerprint density at radius 3 is 2.63 bits per heavy atom. The van der Waals surface area contributed by atoms with Crippen LogP contribution in [-0.4, -0.2) is 28.0 Å². The molecule has 2 N–H and O–H groups in total. The smallest absolute Gasteiger partial charge is 0.287 e. The van der Waals surface area contributed by atoms with Gasteiger partial charge in [0.1, 0.15) is 6.04 Å². The highest BCUT2D eigenvalue weighted by Crippen LogP contribution is 2.32. The first-order valence-corrected chi connectivity index (χ1v) is 9.23. The van der Waals surface area contributed by atoms with Crippen molar-refractivity contribution in [2.24, 2.45) is 5.92 Å². The standard InChI is InChI=1S/C18H20N4O4S/c1-9(2)15(21-17(23)13-6-5-7-25-13)18(24)20-12-8-14(27-10(12)3)16-19-11(4)26-22-16/h5-9,15H,1-4H3,(H,20,24)(H,21,23)/t15-/m0/s1. The van der Waals surface area contributed by atoms with Crippen LogP contribution in [0.2, 0.25) is 0 Å². The van der Waals surface area contributed by atoms with Gasteiger partial charge in [-0.05, 0) is 31.0 Å². The topological polar surface area (TPSA) is 110 Å². The van der Waals surface area contributed by atoms with Crippen molar-refractivity contribution in [1.82, 2.24) is 15.5 Å². The first kappa shape index (κ1) is 18.8. The van der Waals surface area contributed by atoms with Crippen molar-refractivity contribution in [3.63, 3.8) is 0 Å². The van der Waals surface area contributed by atoms with Crippen LogP contribution in [-0.2, 0) is 4.79 Å². The predicted octanol–water partition coefficient (Wildman–Crippen LogP) is 3.40. The number of rotatable bonds is 6. The monoisotopic (exact) mass is 388 g/mol. The zero-order valence-corrected chi connectivity index (χ0v) is 16.2. The Labute approximate surface area is 160 Å². The molecule has 1 atom stereocenters. The lowest BCUT2D eigenvalue weighted by Crippen LogP contribution is -2.47. The molecular formula is C18H20N4O4S. The van der Waals surface area contributed by atoms with E-state index in [9.17, 15) is 9.59 Å². The van der Waals surface area contributed by atoms with Crippen LogP contribution in [0.15, 0.2) is 33.4 Å². The van der Waals surface area contributed by atoms with E-state index >= 15 is 0 Å². The Morgan fingerprint density at radius 2 is 2.04 bits per heavy atom. The largest absolute Gasteiger partial charge is 0.459 e. The molecule has 27 heavy (non-hydrogen) atoms. The average Bonchev–Trinajstić information content (AvgIpc) is 3.34. The van der Waals surface area contributed by atoms with E-state index in [1.807, 2.05) is 20.8 Å². The molecule has 2 amide bonds. The summed E-state index contributed by atoms with van der Waals surface area (Å²) in [4.78, 5) is 30.9. The molecule has 3 aromatic rings. The Hall–Kier alpha value is -2.94. The summed E-state index contributed by atoms with van der Waals surface area (Å²) in [5, 5.41) is 9.49. The van der Waals surface area contributed by atoms with Crippen LogP contribution in [0.4, 0.5) is 5.69 Å². The van der Waals surface area contributed by atoms with Gasteiger partial charge in [0.25, 0.3) is 5.91 Å². The Morgan fingerprint density at radius 1 is 1.26 bits per heavy atom. The second-order valence-corrected chi connectivity index (χ2v) is 7.64. The van der Waals surface area contributed by atoms with Gasteiger partial charge in [-0.15, -0.1) is 11.3 Å². The predicted molar refractivity (Wildman–Crippen MR) is 101 cm³/mol. The normalized spacial score (nSPS) is 12.2. The molecule has 0 aliphatic carbocycles. The lowest BCUT2D eigenvalue weighted by molar-refractivity contribution is -0.118. The van der Waals surface area contributed by atoms with Gasteiger partial charge in [0.05, 0.1) is 16.8 Å². The molecule has 0 aliphatic rings. The zero-order chi connectivity index (χ0) is 19.6. The molecule has 0 bridgehead atoms. The maximum atomic E-state index is 12.8. The quantitative estimate of drug-likeness (QED) is 0.670. The van der Waals surface area contributed by atoms with Crippen molar-refractivity contribution in [3.05, 3.63) is 41.0 Å². The van der Waals surface area contributed by atoms with Crippen molar-refractivity contribution in [3.8, 4) is 10.7 Å². The van der Waals surface area contributed by atoms with E-state index in [2.05, 4.69) is 20.8 Å². The number of aryl methyl sites for hydroxylation is 2. The summed E-state index contributed by atoms with van der Waals surface area (Å²) in [7, 11) is 0. The van der Waals surface area contributed by atoms with Gasteiger partial charge >= 0.3 is 0 Å². The van der Waals surface area contributed by atoms with Crippen molar-refractivity contribution in [1.29, 1.82) is 0 Å². The minimum atomic E-state index is -0.710. The number of nitrogens with zero attached hydrogens (tertiary/aromatic N) is 2. The highest BCUT2D eigenvalue weighted by molar-refractivity contribution is 7.16. The number of hydrogen-bond donors (Lipinski definition) is 2. The van der Waals surface area contributed by atoms with E-state index in [-0.39, 0.29) is 17.6 Å². The third-order valence-corrected chi connectivity index (χ3v) is 4.95. The molecule has 142 valence electrons. The SMILES string of the molecule is Cc1nc(-c2cc(NC(=O)[C@@H](NC(=O)c3ccco3)C(C)C)c(C)s2)no1.